The molecule has 0 aromatic rings. The summed E-state index contributed by atoms with van der Waals surface area (Å²) in [4.78, 5) is 48.8. The lowest BCUT2D eigenvalue weighted by Crippen LogP contribution is -2.57. The van der Waals surface area contributed by atoms with Gasteiger partial charge in [-0.1, -0.05) is 27.7 Å². The molecule has 0 aliphatic heterocycles. The molecule has 3 amide bonds. The van der Waals surface area contributed by atoms with Crippen molar-refractivity contribution < 1.29 is 28.7 Å². The largest absolute Gasteiger partial charge is 0.444 e. The quantitative estimate of drug-likeness (QED) is 0.333. The molecule has 9 nitrogen and oxygen atoms in total. The summed E-state index contributed by atoms with van der Waals surface area (Å²) in [5, 5.41) is 7.81. The van der Waals surface area contributed by atoms with E-state index in [9.17, 15) is 19.2 Å². The fraction of sp³-hybridized carbons (Fsp3) is 0.818. The van der Waals surface area contributed by atoms with E-state index in [1.54, 1.807) is 34.6 Å². The van der Waals surface area contributed by atoms with E-state index >= 15 is 0 Å². The summed E-state index contributed by atoms with van der Waals surface area (Å²) < 4.78 is 10.2. The molecule has 0 radical (unpaired) electrons. The van der Waals surface area contributed by atoms with Crippen LogP contribution in [0.1, 0.15) is 75.2 Å². The third-order valence-electron chi connectivity index (χ3n) is 4.40. The number of carbonyl (C=O) groups is 4. The van der Waals surface area contributed by atoms with Gasteiger partial charge in [-0.2, -0.15) is 0 Å². The summed E-state index contributed by atoms with van der Waals surface area (Å²) in [6.45, 7) is 15.9. The zero-order valence-electron chi connectivity index (χ0n) is 20.5. The second-order valence-electron chi connectivity index (χ2n) is 9.95. The Kier molecular flexibility index (Phi) is 11.6. The van der Waals surface area contributed by atoms with E-state index in [2.05, 4.69) is 16.0 Å². The third kappa shape index (κ3) is 12.9. The molecular weight excluding hydrogens is 402 g/mol. The number of hydrogen-bond acceptors (Lipinski definition) is 6. The summed E-state index contributed by atoms with van der Waals surface area (Å²) >= 11 is 0. The average molecular weight is 444 g/mol. The third-order valence-corrected chi connectivity index (χ3v) is 4.40. The Morgan fingerprint density at radius 3 is 1.97 bits per heavy atom. The second-order valence-corrected chi connectivity index (χ2v) is 9.95. The first kappa shape index (κ1) is 28.7. The van der Waals surface area contributed by atoms with E-state index in [0.717, 1.165) is 0 Å². The lowest BCUT2D eigenvalue weighted by molar-refractivity contribution is -0.147. The van der Waals surface area contributed by atoms with Crippen molar-refractivity contribution in [3.63, 3.8) is 0 Å². The minimum Gasteiger partial charge on any atom is -0.444 e. The van der Waals surface area contributed by atoms with Crippen LogP contribution in [0.3, 0.4) is 0 Å². The summed E-state index contributed by atoms with van der Waals surface area (Å²) in [6, 6.07) is 0. The number of hydrogen-bond donors (Lipinski definition) is 3. The van der Waals surface area contributed by atoms with Gasteiger partial charge in [0.2, 0.25) is 11.8 Å². The van der Waals surface area contributed by atoms with Crippen LogP contribution in [0.5, 0.6) is 0 Å². The minimum atomic E-state index is -1.24. The van der Waals surface area contributed by atoms with Crippen molar-refractivity contribution in [1.29, 1.82) is 0 Å². The van der Waals surface area contributed by atoms with E-state index in [4.69, 9.17) is 9.47 Å². The van der Waals surface area contributed by atoms with Crippen molar-refractivity contribution in [2.45, 2.75) is 86.3 Å². The SMILES string of the molecule is CC(C)CCC(=O)OCNC(=O)C(C)(C)NC(=O)[C@@H](CNC(=O)OC(C)(C)C)C(C)C. The van der Waals surface area contributed by atoms with Crippen LogP contribution in [-0.4, -0.2) is 48.3 Å². The topological polar surface area (TPSA) is 123 Å². The van der Waals surface area contributed by atoms with Crippen LogP contribution in [0.25, 0.3) is 0 Å². The monoisotopic (exact) mass is 443 g/mol. The number of amides is 3. The molecule has 0 fully saturated rings. The zero-order chi connectivity index (χ0) is 24.4. The second kappa shape index (κ2) is 12.5. The molecule has 0 unspecified atom stereocenters. The highest BCUT2D eigenvalue weighted by molar-refractivity contribution is 5.91. The molecule has 0 aliphatic carbocycles. The van der Waals surface area contributed by atoms with Crippen LogP contribution in [-0.2, 0) is 23.9 Å². The van der Waals surface area contributed by atoms with Crippen LogP contribution in [0.4, 0.5) is 4.79 Å². The van der Waals surface area contributed by atoms with E-state index in [1.165, 1.54) is 0 Å². The van der Waals surface area contributed by atoms with Gasteiger partial charge in [0.05, 0.1) is 5.92 Å². The molecule has 0 heterocycles. The maximum Gasteiger partial charge on any atom is 0.407 e. The molecule has 0 aliphatic rings. The lowest BCUT2D eigenvalue weighted by Gasteiger charge is -2.29. The number of rotatable bonds is 11. The van der Waals surface area contributed by atoms with Crippen LogP contribution in [0.15, 0.2) is 0 Å². The number of carbonyl (C=O) groups excluding carboxylic acids is 4. The van der Waals surface area contributed by atoms with Crippen LogP contribution in [0.2, 0.25) is 0 Å². The molecule has 0 aromatic heterocycles. The maximum absolute atomic E-state index is 12.8. The molecule has 1 atom stereocenters. The van der Waals surface area contributed by atoms with Gasteiger partial charge in [0.1, 0.15) is 11.1 Å². The van der Waals surface area contributed by atoms with E-state index in [-0.39, 0.29) is 37.5 Å². The zero-order valence-corrected chi connectivity index (χ0v) is 20.5. The summed E-state index contributed by atoms with van der Waals surface area (Å²) in [7, 11) is 0. The molecule has 0 aromatic carbocycles. The van der Waals surface area contributed by atoms with Gasteiger partial charge in [-0.25, -0.2) is 4.79 Å². The Morgan fingerprint density at radius 1 is 0.903 bits per heavy atom. The average Bonchev–Trinajstić information content (AvgIpc) is 2.57. The van der Waals surface area contributed by atoms with Crippen molar-refractivity contribution in [3.05, 3.63) is 0 Å². The maximum atomic E-state index is 12.8. The van der Waals surface area contributed by atoms with E-state index in [1.807, 2.05) is 27.7 Å². The van der Waals surface area contributed by atoms with Gasteiger partial charge in [-0.3, -0.25) is 14.4 Å². The Bertz CT molecular complexity index is 623. The first-order valence-corrected chi connectivity index (χ1v) is 10.8. The van der Waals surface area contributed by atoms with Gasteiger partial charge in [0.25, 0.3) is 0 Å². The molecule has 0 rings (SSSR count). The molecule has 0 bridgehead atoms. The van der Waals surface area contributed by atoms with Crippen molar-refractivity contribution in [2.24, 2.45) is 17.8 Å². The van der Waals surface area contributed by atoms with Gasteiger partial charge < -0.3 is 25.4 Å². The van der Waals surface area contributed by atoms with Gasteiger partial charge >= 0.3 is 12.1 Å². The Hall–Kier alpha value is -2.32. The molecule has 0 saturated heterocycles. The Morgan fingerprint density at radius 2 is 1.48 bits per heavy atom. The van der Waals surface area contributed by atoms with E-state index < -0.39 is 29.1 Å². The van der Waals surface area contributed by atoms with Crippen LogP contribution in [0, 0.1) is 17.8 Å². The first-order valence-electron chi connectivity index (χ1n) is 10.8. The van der Waals surface area contributed by atoms with E-state index in [0.29, 0.717) is 12.3 Å². The molecule has 180 valence electrons. The highest BCUT2D eigenvalue weighted by atomic mass is 16.6. The predicted molar refractivity (Wildman–Crippen MR) is 118 cm³/mol. The number of esters is 1. The van der Waals surface area contributed by atoms with Gasteiger partial charge in [-0.15, -0.1) is 0 Å². The fourth-order valence-corrected chi connectivity index (χ4v) is 2.48. The highest BCUT2D eigenvalue weighted by Gasteiger charge is 2.33. The Labute approximate surface area is 186 Å². The minimum absolute atomic E-state index is 0.0730. The van der Waals surface area contributed by atoms with Gasteiger partial charge in [0.15, 0.2) is 6.73 Å². The molecular formula is C22H41N3O6. The standard InChI is InChI=1S/C22H41N3O6/c1-14(2)10-11-17(26)30-13-24-19(28)22(8,9)25-18(27)16(15(3)4)12-23-20(29)31-21(5,6)7/h14-16H,10-13H2,1-9H3,(H,23,29)(H,24,28)(H,25,27)/t16-/m0/s1. The van der Waals surface area contributed by atoms with Gasteiger partial charge in [-0.05, 0) is 52.9 Å². The van der Waals surface area contributed by atoms with Crippen molar-refractivity contribution in [1.82, 2.24) is 16.0 Å². The fourth-order valence-electron chi connectivity index (χ4n) is 2.48. The normalized spacial score (nSPS) is 12.9. The first-order chi connectivity index (χ1) is 14.0. The Balaban J connectivity index is 4.70. The van der Waals surface area contributed by atoms with Gasteiger partial charge in [0, 0.05) is 13.0 Å². The molecule has 0 spiro atoms. The van der Waals surface area contributed by atoms with Crippen molar-refractivity contribution in [3.8, 4) is 0 Å². The summed E-state index contributed by atoms with van der Waals surface area (Å²) in [5.41, 5.74) is -1.88. The molecule has 0 saturated carbocycles. The highest BCUT2D eigenvalue weighted by Crippen LogP contribution is 2.14. The number of ether oxygens (including phenoxy) is 2. The molecule has 3 N–H and O–H groups in total. The predicted octanol–water partition coefficient (Wildman–Crippen LogP) is 2.73. The smallest absolute Gasteiger partial charge is 0.407 e. The van der Waals surface area contributed by atoms with Crippen molar-refractivity contribution >= 4 is 23.9 Å². The summed E-state index contributed by atoms with van der Waals surface area (Å²) in [5.74, 6) is -1.51. The summed E-state index contributed by atoms with van der Waals surface area (Å²) in [6.07, 6.45) is 0.388. The molecule has 9 heteroatoms. The lowest BCUT2D eigenvalue weighted by atomic mass is 9.93. The number of alkyl carbamates (subject to hydrolysis) is 1. The van der Waals surface area contributed by atoms with Crippen molar-refractivity contribution in [2.75, 3.05) is 13.3 Å². The van der Waals surface area contributed by atoms with Crippen LogP contribution >= 0.6 is 0 Å². The van der Waals surface area contributed by atoms with Crippen LogP contribution < -0.4 is 16.0 Å². The molecule has 31 heavy (non-hydrogen) atoms. The number of nitrogens with one attached hydrogen (secondary N) is 3.